The molecule has 2 aromatic carbocycles. The summed E-state index contributed by atoms with van der Waals surface area (Å²) in [6, 6.07) is 16.4. The van der Waals surface area contributed by atoms with Crippen molar-refractivity contribution in [2.24, 2.45) is 0 Å². The smallest absolute Gasteiger partial charge is 0.238 e. The quantitative estimate of drug-likeness (QED) is 0.775. The van der Waals surface area contributed by atoms with E-state index in [1.165, 1.54) is 17.8 Å². The summed E-state index contributed by atoms with van der Waals surface area (Å²) in [4.78, 5) is 17.4. The molecule has 1 N–H and O–H groups in total. The van der Waals surface area contributed by atoms with E-state index in [1.54, 1.807) is 12.1 Å². The maximum absolute atomic E-state index is 13.9. The summed E-state index contributed by atoms with van der Waals surface area (Å²) in [6.07, 6.45) is 0. The van der Waals surface area contributed by atoms with E-state index in [4.69, 9.17) is 5.26 Å². The molecule has 1 amide bonds. The van der Waals surface area contributed by atoms with Crippen molar-refractivity contribution >= 4 is 29.0 Å². The Balaban J connectivity index is 1.52. The van der Waals surface area contributed by atoms with Gasteiger partial charge in [-0.1, -0.05) is 24.3 Å². The monoisotopic (exact) mass is 384 g/mol. The van der Waals surface area contributed by atoms with Crippen LogP contribution in [0.5, 0.6) is 0 Å². The molecule has 0 saturated carbocycles. The van der Waals surface area contributed by atoms with Crippen LogP contribution in [-0.2, 0) is 4.79 Å². The zero-order chi connectivity index (χ0) is 19.1. The molecule has 0 unspecified atom stereocenters. The number of hydrogen-bond acceptors (Lipinski definition) is 5. The molecular weight excluding hydrogens is 363 g/mol. The van der Waals surface area contributed by atoms with E-state index in [0.29, 0.717) is 44.2 Å². The number of carbonyl (C=O) groups is 1. The molecule has 1 aliphatic heterocycles. The Bertz CT molecular complexity index is 831. The van der Waals surface area contributed by atoms with Crippen LogP contribution in [0.3, 0.4) is 0 Å². The number of para-hydroxylation sites is 2. The molecule has 7 heteroatoms. The summed E-state index contributed by atoms with van der Waals surface area (Å²) in [5.41, 5.74) is 1.35. The number of nitrogens with zero attached hydrogens (tertiary/aromatic N) is 3. The molecule has 2 aromatic rings. The van der Waals surface area contributed by atoms with E-state index in [0.717, 1.165) is 10.6 Å². The fourth-order valence-electron chi connectivity index (χ4n) is 3.05. The Morgan fingerprint density at radius 1 is 1.11 bits per heavy atom. The molecule has 3 rings (SSSR count). The van der Waals surface area contributed by atoms with Crippen LogP contribution in [0.2, 0.25) is 0 Å². The summed E-state index contributed by atoms with van der Waals surface area (Å²) < 4.78 is 13.9. The minimum atomic E-state index is -0.213. The molecule has 0 aromatic heterocycles. The highest BCUT2D eigenvalue weighted by molar-refractivity contribution is 7.99. The number of rotatable bonds is 6. The number of benzene rings is 2. The third-order valence-electron chi connectivity index (χ3n) is 4.39. The number of halogens is 1. The molecule has 1 fully saturated rings. The van der Waals surface area contributed by atoms with Crippen LogP contribution >= 0.6 is 11.8 Å². The van der Waals surface area contributed by atoms with Gasteiger partial charge in [0.1, 0.15) is 5.82 Å². The molecule has 1 saturated heterocycles. The molecule has 0 aliphatic carbocycles. The molecular formula is C20H21FN4OS. The number of thioether (sulfide) groups is 1. The second-order valence-electron chi connectivity index (χ2n) is 6.21. The van der Waals surface area contributed by atoms with Gasteiger partial charge in [0.25, 0.3) is 0 Å². The van der Waals surface area contributed by atoms with Crippen LogP contribution < -0.4 is 10.2 Å². The predicted octanol–water partition coefficient (Wildman–Crippen LogP) is 3.20. The van der Waals surface area contributed by atoms with Gasteiger partial charge in [-0.05, 0) is 24.3 Å². The van der Waals surface area contributed by atoms with Gasteiger partial charge in [0.15, 0.2) is 0 Å². The minimum Gasteiger partial charge on any atom is -0.367 e. The number of nitriles is 1. The van der Waals surface area contributed by atoms with E-state index < -0.39 is 0 Å². The lowest BCUT2D eigenvalue weighted by Crippen LogP contribution is -2.48. The summed E-state index contributed by atoms with van der Waals surface area (Å²) in [7, 11) is 0. The van der Waals surface area contributed by atoms with E-state index in [1.807, 2.05) is 35.2 Å². The van der Waals surface area contributed by atoms with E-state index >= 15 is 0 Å². The summed E-state index contributed by atoms with van der Waals surface area (Å²) in [5.74, 6) is 0.0414. The van der Waals surface area contributed by atoms with Gasteiger partial charge in [-0.15, -0.1) is 11.8 Å². The Kier molecular flexibility index (Phi) is 6.69. The lowest BCUT2D eigenvalue weighted by atomic mass is 10.2. The fraction of sp³-hybridized carbons (Fsp3) is 0.300. The van der Waals surface area contributed by atoms with Crippen molar-refractivity contribution in [3.8, 4) is 6.07 Å². The van der Waals surface area contributed by atoms with Crippen LogP contribution in [0.4, 0.5) is 15.8 Å². The molecule has 0 spiro atoms. The summed E-state index contributed by atoms with van der Waals surface area (Å²) >= 11 is 1.40. The van der Waals surface area contributed by atoms with Gasteiger partial charge in [-0.2, -0.15) is 5.26 Å². The highest BCUT2D eigenvalue weighted by Crippen LogP contribution is 2.26. The van der Waals surface area contributed by atoms with Crippen molar-refractivity contribution in [2.45, 2.75) is 4.90 Å². The van der Waals surface area contributed by atoms with Gasteiger partial charge in [0, 0.05) is 31.1 Å². The fourth-order valence-corrected chi connectivity index (χ4v) is 3.72. The average molecular weight is 384 g/mol. The topological polar surface area (TPSA) is 59.4 Å². The first kappa shape index (κ1) is 19.2. The number of carbonyl (C=O) groups excluding carboxylic acids is 1. The second kappa shape index (κ2) is 9.40. The molecule has 27 heavy (non-hydrogen) atoms. The molecule has 0 bridgehead atoms. The number of anilines is 2. The maximum atomic E-state index is 13.9. The Labute approximate surface area is 162 Å². The van der Waals surface area contributed by atoms with Gasteiger partial charge < -0.3 is 10.2 Å². The Morgan fingerprint density at radius 2 is 1.81 bits per heavy atom. The normalized spacial score (nSPS) is 14.6. The summed E-state index contributed by atoms with van der Waals surface area (Å²) in [6.45, 7) is 3.06. The molecule has 140 valence electrons. The van der Waals surface area contributed by atoms with Crippen LogP contribution in [0, 0.1) is 17.1 Å². The molecule has 1 heterocycles. The average Bonchev–Trinajstić information content (AvgIpc) is 2.68. The molecule has 0 radical (unpaired) electrons. The van der Waals surface area contributed by atoms with Crippen molar-refractivity contribution in [3.63, 3.8) is 0 Å². The number of nitrogens with one attached hydrogen (secondary N) is 1. The Hall–Kier alpha value is -2.56. The highest BCUT2D eigenvalue weighted by Gasteiger charge is 2.21. The third kappa shape index (κ3) is 5.22. The molecule has 5 nitrogen and oxygen atoms in total. The number of piperazine rings is 1. The predicted molar refractivity (Wildman–Crippen MR) is 106 cm³/mol. The standard InChI is InChI=1S/C20H21FN4OS/c21-16-5-1-3-7-18(16)25-12-10-24(11-13-25)15-20(26)23-17-6-2-4-8-19(17)27-14-9-22/h1-8H,10-15H2,(H,23,26). The minimum absolute atomic E-state index is 0.0839. The van der Waals surface area contributed by atoms with Crippen molar-refractivity contribution in [2.75, 3.05) is 48.7 Å². The molecule has 1 aliphatic rings. The van der Waals surface area contributed by atoms with Crippen molar-refractivity contribution in [3.05, 3.63) is 54.3 Å². The zero-order valence-electron chi connectivity index (χ0n) is 14.9. The Morgan fingerprint density at radius 3 is 2.56 bits per heavy atom. The van der Waals surface area contributed by atoms with Crippen molar-refractivity contribution in [1.82, 2.24) is 4.90 Å². The zero-order valence-corrected chi connectivity index (χ0v) is 15.7. The second-order valence-corrected chi connectivity index (χ2v) is 7.22. The highest BCUT2D eigenvalue weighted by atomic mass is 32.2. The molecule has 0 atom stereocenters. The van der Waals surface area contributed by atoms with Crippen LogP contribution in [0.25, 0.3) is 0 Å². The van der Waals surface area contributed by atoms with E-state index in [2.05, 4.69) is 16.3 Å². The van der Waals surface area contributed by atoms with Gasteiger partial charge >= 0.3 is 0 Å². The van der Waals surface area contributed by atoms with Crippen LogP contribution in [0.1, 0.15) is 0 Å². The summed E-state index contributed by atoms with van der Waals surface area (Å²) in [5, 5.41) is 11.7. The van der Waals surface area contributed by atoms with Crippen LogP contribution in [-0.4, -0.2) is 49.3 Å². The van der Waals surface area contributed by atoms with E-state index in [9.17, 15) is 9.18 Å². The van der Waals surface area contributed by atoms with Crippen molar-refractivity contribution in [1.29, 1.82) is 5.26 Å². The van der Waals surface area contributed by atoms with Gasteiger partial charge in [0.2, 0.25) is 5.91 Å². The lowest BCUT2D eigenvalue weighted by molar-refractivity contribution is -0.117. The first-order valence-corrected chi connectivity index (χ1v) is 9.76. The van der Waals surface area contributed by atoms with Crippen molar-refractivity contribution < 1.29 is 9.18 Å². The first-order valence-electron chi connectivity index (χ1n) is 8.78. The lowest BCUT2D eigenvalue weighted by Gasteiger charge is -2.35. The first-order chi connectivity index (χ1) is 13.2. The van der Waals surface area contributed by atoms with Gasteiger partial charge in [-0.25, -0.2) is 4.39 Å². The number of hydrogen-bond donors (Lipinski definition) is 1. The van der Waals surface area contributed by atoms with Crippen LogP contribution in [0.15, 0.2) is 53.4 Å². The SMILES string of the molecule is N#CCSc1ccccc1NC(=O)CN1CCN(c2ccccc2F)CC1. The van der Waals surface area contributed by atoms with E-state index in [-0.39, 0.29) is 11.7 Å². The third-order valence-corrected chi connectivity index (χ3v) is 5.33. The van der Waals surface area contributed by atoms with Gasteiger partial charge in [-0.3, -0.25) is 9.69 Å². The maximum Gasteiger partial charge on any atom is 0.238 e. The van der Waals surface area contributed by atoms with Gasteiger partial charge in [0.05, 0.1) is 29.7 Å². The number of amides is 1. The largest absolute Gasteiger partial charge is 0.367 e.